The Bertz CT molecular complexity index is 1350. The molecule has 0 N–H and O–H groups in total. The minimum atomic E-state index is -0.703. The third-order valence-corrected chi connectivity index (χ3v) is 4.89. The number of fused-ring (bicyclic) bond motifs is 3. The van der Waals surface area contributed by atoms with Gasteiger partial charge in [-0.2, -0.15) is 5.10 Å². The highest BCUT2D eigenvalue weighted by Gasteiger charge is 2.19. The molecular formula is C23H15F2N3O. The Balaban J connectivity index is 1.90. The predicted molar refractivity (Wildman–Crippen MR) is 108 cm³/mol. The summed E-state index contributed by atoms with van der Waals surface area (Å²) in [6, 6.07) is 19.1. The first-order valence-electron chi connectivity index (χ1n) is 9.02. The summed E-state index contributed by atoms with van der Waals surface area (Å²) in [5, 5.41) is 5.86. The lowest BCUT2D eigenvalue weighted by molar-refractivity contribution is 0.414. The summed E-state index contributed by atoms with van der Waals surface area (Å²) in [6.45, 7) is 0. The number of aromatic nitrogens is 3. The van der Waals surface area contributed by atoms with Crippen LogP contribution < -0.4 is 4.74 Å². The Morgan fingerprint density at radius 2 is 1.66 bits per heavy atom. The van der Waals surface area contributed by atoms with Crippen molar-refractivity contribution in [2.75, 3.05) is 7.11 Å². The van der Waals surface area contributed by atoms with Crippen LogP contribution in [0, 0.1) is 11.6 Å². The Kier molecular flexibility index (Phi) is 3.98. The van der Waals surface area contributed by atoms with Crippen molar-refractivity contribution in [3.05, 3.63) is 84.6 Å². The molecule has 0 spiro atoms. The summed E-state index contributed by atoms with van der Waals surface area (Å²) in [7, 11) is 1.59. The topological polar surface area (TPSA) is 39.9 Å². The van der Waals surface area contributed by atoms with Crippen LogP contribution in [0.2, 0.25) is 0 Å². The van der Waals surface area contributed by atoms with E-state index in [9.17, 15) is 8.78 Å². The summed E-state index contributed by atoms with van der Waals surface area (Å²) in [5.74, 6) is -0.657. The number of nitrogens with zero attached hydrogens (tertiary/aromatic N) is 3. The SMILES string of the molecule is COc1ccc(-n2nc(-c3ccccc3)c3cnc4c(F)cc(F)cc4c32)cc1. The first-order valence-corrected chi connectivity index (χ1v) is 9.02. The van der Waals surface area contributed by atoms with Crippen LogP contribution in [0.3, 0.4) is 0 Å². The predicted octanol–water partition coefficient (Wildman–Crippen LogP) is 5.53. The van der Waals surface area contributed by atoms with Crippen molar-refractivity contribution in [1.82, 2.24) is 14.8 Å². The maximum atomic E-state index is 14.4. The Morgan fingerprint density at radius 3 is 2.38 bits per heavy atom. The van der Waals surface area contributed by atoms with Crippen molar-refractivity contribution in [2.24, 2.45) is 0 Å². The van der Waals surface area contributed by atoms with E-state index in [1.165, 1.54) is 6.07 Å². The largest absolute Gasteiger partial charge is 0.497 e. The van der Waals surface area contributed by atoms with Gasteiger partial charge in [-0.1, -0.05) is 30.3 Å². The van der Waals surface area contributed by atoms with Crippen molar-refractivity contribution >= 4 is 21.8 Å². The van der Waals surface area contributed by atoms with Gasteiger partial charge in [-0.15, -0.1) is 0 Å². The van der Waals surface area contributed by atoms with Crippen molar-refractivity contribution in [3.8, 4) is 22.7 Å². The Labute approximate surface area is 165 Å². The fourth-order valence-electron chi connectivity index (χ4n) is 3.54. The molecule has 0 amide bonds. The van der Waals surface area contributed by atoms with Crippen LogP contribution in [0.5, 0.6) is 5.75 Å². The zero-order valence-electron chi connectivity index (χ0n) is 15.4. The van der Waals surface area contributed by atoms with E-state index < -0.39 is 11.6 Å². The first kappa shape index (κ1) is 17.3. The van der Waals surface area contributed by atoms with Gasteiger partial charge >= 0.3 is 0 Å². The van der Waals surface area contributed by atoms with E-state index in [1.54, 1.807) is 18.0 Å². The zero-order valence-corrected chi connectivity index (χ0v) is 15.4. The van der Waals surface area contributed by atoms with Gasteiger partial charge in [0.15, 0.2) is 5.82 Å². The van der Waals surface area contributed by atoms with Crippen LogP contribution in [0.1, 0.15) is 0 Å². The third-order valence-electron chi connectivity index (χ3n) is 4.89. The molecule has 142 valence electrons. The molecule has 29 heavy (non-hydrogen) atoms. The zero-order chi connectivity index (χ0) is 20.0. The van der Waals surface area contributed by atoms with Gasteiger partial charge in [0.2, 0.25) is 0 Å². The molecule has 0 saturated carbocycles. The lowest BCUT2D eigenvalue weighted by atomic mass is 10.1. The van der Waals surface area contributed by atoms with Crippen LogP contribution in [0.25, 0.3) is 38.8 Å². The second-order valence-electron chi connectivity index (χ2n) is 6.63. The number of halogens is 2. The molecule has 0 saturated heterocycles. The van der Waals surface area contributed by atoms with E-state index in [0.717, 1.165) is 17.3 Å². The van der Waals surface area contributed by atoms with Gasteiger partial charge in [-0.25, -0.2) is 13.5 Å². The van der Waals surface area contributed by atoms with Crippen LogP contribution in [-0.2, 0) is 0 Å². The summed E-state index contributed by atoms with van der Waals surface area (Å²) >= 11 is 0. The summed E-state index contributed by atoms with van der Waals surface area (Å²) in [6.07, 6.45) is 1.59. The average molecular weight is 387 g/mol. The highest BCUT2D eigenvalue weighted by atomic mass is 19.1. The lowest BCUT2D eigenvalue weighted by Crippen LogP contribution is -1.98. The van der Waals surface area contributed by atoms with Gasteiger partial charge < -0.3 is 4.74 Å². The van der Waals surface area contributed by atoms with Gasteiger partial charge in [0.25, 0.3) is 0 Å². The molecule has 0 radical (unpaired) electrons. The highest BCUT2D eigenvalue weighted by molar-refractivity contribution is 6.08. The molecule has 5 rings (SSSR count). The van der Waals surface area contributed by atoms with E-state index in [1.807, 2.05) is 54.6 Å². The van der Waals surface area contributed by atoms with Gasteiger partial charge in [0.05, 0.1) is 18.3 Å². The maximum absolute atomic E-state index is 14.4. The third kappa shape index (κ3) is 2.81. The molecule has 0 aliphatic heterocycles. The number of rotatable bonds is 3. The molecule has 0 atom stereocenters. The van der Waals surface area contributed by atoms with E-state index in [2.05, 4.69) is 4.98 Å². The fourth-order valence-corrected chi connectivity index (χ4v) is 3.54. The number of hydrogen-bond acceptors (Lipinski definition) is 3. The number of ether oxygens (including phenoxy) is 1. The maximum Gasteiger partial charge on any atom is 0.152 e. The van der Waals surface area contributed by atoms with Crippen LogP contribution in [-0.4, -0.2) is 21.9 Å². The monoisotopic (exact) mass is 387 g/mol. The quantitative estimate of drug-likeness (QED) is 0.409. The molecule has 6 heteroatoms. The molecule has 0 fully saturated rings. The van der Waals surface area contributed by atoms with Crippen molar-refractivity contribution in [3.63, 3.8) is 0 Å². The average Bonchev–Trinajstić information content (AvgIpc) is 3.14. The highest BCUT2D eigenvalue weighted by Crippen LogP contribution is 2.34. The van der Waals surface area contributed by atoms with Crippen molar-refractivity contribution < 1.29 is 13.5 Å². The number of hydrogen-bond donors (Lipinski definition) is 0. The number of pyridine rings is 1. The van der Waals surface area contributed by atoms with E-state index in [0.29, 0.717) is 27.7 Å². The van der Waals surface area contributed by atoms with E-state index >= 15 is 0 Å². The normalized spacial score (nSPS) is 11.3. The summed E-state index contributed by atoms with van der Waals surface area (Å²) in [4.78, 5) is 4.26. The molecule has 4 nitrogen and oxygen atoms in total. The summed E-state index contributed by atoms with van der Waals surface area (Å²) < 4.78 is 35.4. The second kappa shape index (κ2) is 6.67. The number of methoxy groups -OCH3 is 1. The standard InChI is InChI=1S/C23H15F2N3O/c1-29-17-9-7-16(8-10-17)28-23-18-11-15(24)12-20(25)22(18)26-13-19(23)21(27-28)14-5-3-2-4-6-14/h2-13H,1H3. The minimum Gasteiger partial charge on any atom is -0.497 e. The van der Waals surface area contributed by atoms with E-state index in [4.69, 9.17) is 9.84 Å². The number of benzene rings is 3. The summed E-state index contributed by atoms with van der Waals surface area (Å²) in [5.41, 5.74) is 3.03. The van der Waals surface area contributed by atoms with Crippen molar-refractivity contribution in [2.45, 2.75) is 0 Å². The van der Waals surface area contributed by atoms with Gasteiger partial charge in [0.1, 0.15) is 22.8 Å². The molecule has 0 aliphatic carbocycles. The first-order chi connectivity index (χ1) is 14.2. The molecular weight excluding hydrogens is 372 g/mol. The minimum absolute atomic E-state index is 0.105. The Morgan fingerprint density at radius 1 is 0.897 bits per heavy atom. The van der Waals surface area contributed by atoms with Crippen LogP contribution >= 0.6 is 0 Å². The Hall–Kier alpha value is -3.80. The van der Waals surface area contributed by atoms with E-state index in [-0.39, 0.29) is 5.52 Å². The molecule has 2 aromatic heterocycles. The van der Waals surface area contributed by atoms with Gasteiger partial charge in [0, 0.05) is 28.6 Å². The second-order valence-corrected chi connectivity index (χ2v) is 6.63. The fraction of sp³-hybridized carbons (Fsp3) is 0.0435. The van der Waals surface area contributed by atoms with Gasteiger partial charge in [-0.05, 0) is 30.3 Å². The molecule has 2 heterocycles. The lowest BCUT2D eigenvalue weighted by Gasteiger charge is -2.07. The molecule has 3 aromatic carbocycles. The smallest absolute Gasteiger partial charge is 0.152 e. The molecule has 0 bridgehead atoms. The van der Waals surface area contributed by atoms with Crippen molar-refractivity contribution in [1.29, 1.82) is 0 Å². The van der Waals surface area contributed by atoms with Gasteiger partial charge in [-0.3, -0.25) is 4.98 Å². The molecule has 0 aliphatic rings. The van der Waals surface area contributed by atoms with Crippen LogP contribution in [0.4, 0.5) is 8.78 Å². The molecule has 5 aromatic rings. The molecule has 0 unspecified atom stereocenters. The van der Waals surface area contributed by atoms with Crippen LogP contribution in [0.15, 0.2) is 72.9 Å².